The summed E-state index contributed by atoms with van der Waals surface area (Å²) in [5.41, 5.74) is 20.5. The van der Waals surface area contributed by atoms with Crippen LogP contribution in [0.15, 0.2) is 170 Å². The summed E-state index contributed by atoms with van der Waals surface area (Å²) in [4.78, 5) is 5.10. The number of para-hydroxylation sites is 5. The standard InChI is InChI=1S/C46H28B2N4/c1-3-14-31(15-4-1)51-38-22-8-7-21-36(38)47-43-40(51)28-37-46(41(43)35-20-10-13-30-25-27-50(47)45(30)35)52(32-16-5-2-6-17-32)39-23-11-18-33-34-19-9-12-29-24-26-49(44(29)34)48(37)42(33)39/h1-28H. The van der Waals surface area contributed by atoms with E-state index >= 15 is 0 Å². The minimum Gasteiger partial charge on any atom is -0.382 e. The van der Waals surface area contributed by atoms with Crippen molar-refractivity contribution in [2.75, 3.05) is 9.80 Å². The van der Waals surface area contributed by atoms with E-state index < -0.39 is 0 Å². The Morgan fingerprint density at radius 1 is 0.385 bits per heavy atom. The van der Waals surface area contributed by atoms with E-state index in [0.29, 0.717) is 0 Å². The Labute approximate surface area is 301 Å². The van der Waals surface area contributed by atoms with Crippen LogP contribution in [0, 0.1) is 0 Å². The Hall–Kier alpha value is -6.65. The van der Waals surface area contributed by atoms with Gasteiger partial charge in [0, 0.05) is 56.2 Å². The molecular formula is C46H28B2N4. The minimum absolute atomic E-state index is 0.00345. The van der Waals surface area contributed by atoms with Gasteiger partial charge in [0.2, 0.25) is 0 Å². The van der Waals surface area contributed by atoms with Crippen molar-refractivity contribution in [1.82, 2.24) is 8.96 Å². The Bertz CT molecular complexity index is 3000. The molecule has 0 fully saturated rings. The average Bonchev–Trinajstić information content (AvgIpc) is 3.84. The summed E-state index contributed by atoms with van der Waals surface area (Å²) in [6.07, 6.45) is 4.63. The van der Waals surface area contributed by atoms with Gasteiger partial charge in [-0.1, -0.05) is 103 Å². The Morgan fingerprint density at radius 3 is 1.71 bits per heavy atom. The summed E-state index contributed by atoms with van der Waals surface area (Å²) >= 11 is 0. The number of benzene rings is 7. The van der Waals surface area contributed by atoms with E-state index in [1.165, 1.54) is 100 Å². The van der Waals surface area contributed by atoms with Gasteiger partial charge in [0.05, 0.1) is 5.69 Å². The third kappa shape index (κ3) is 3.18. The summed E-state index contributed by atoms with van der Waals surface area (Å²) in [6.45, 7) is 0.0193. The number of anilines is 6. The average molecular weight is 658 g/mol. The van der Waals surface area contributed by atoms with Gasteiger partial charge in [-0.05, 0) is 105 Å². The molecule has 6 heteroatoms. The first-order chi connectivity index (χ1) is 25.8. The van der Waals surface area contributed by atoms with Crippen molar-refractivity contribution in [2.24, 2.45) is 0 Å². The maximum atomic E-state index is 2.58. The van der Waals surface area contributed by atoms with Crippen molar-refractivity contribution in [3.05, 3.63) is 170 Å². The molecule has 4 aliphatic heterocycles. The summed E-state index contributed by atoms with van der Waals surface area (Å²) in [5.74, 6) is 0. The van der Waals surface area contributed by atoms with Crippen LogP contribution in [-0.4, -0.2) is 22.7 Å². The van der Waals surface area contributed by atoms with E-state index in [2.05, 4.69) is 189 Å². The number of nitrogens with zero attached hydrogens (tertiary/aromatic N) is 4. The molecule has 0 atom stereocenters. The molecule has 0 bridgehead atoms. The quantitative estimate of drug-likeness (QED) is 0.174. The second kappa shape index (κ2) is 9.56. The van der Waals surface area contributed by atoms with Crippen molar-refractivity contribution in [3.63, 3.8) is 0 Å². The van der Waals surface area contributed by atoms with Crippen LogP contribution in [0.25, 0.3) is 44.1 Å². The van der Waals surface area contributed by atoms with E-state index in [-0.39, 0.29) is 13.7 Å². The highest BCUT2D eigenvalue weighted by Gasteiger charge is 2.48. The molecule has 6 heterocycles. The molecule has 2 aromatic heterocycles. The van der Waals surface area contributed by atoms with Crippen LogP contribution < -0.4 is 31.7 Å². The number of aromatic nitrogens is 2. The van der Waals surface area contributed by atoms with Crippen LogP contribution in [-0.2, 0) is 0 Å². The third-order valence-electron chi connectivity index (χ3n) is 12.1. The molecule has 0 saturated heterocycles. The van der Waals surface area contributed by atoms with E-state index in [1.54, 1.807) is 0 Å². The summed E-state index contributed by atoms with van der Waals surface area (Å²) in [5, 5.41) is 2.55. The first-order valence-electron chi connectivity index (χ1n) is 18.2. The van der Waals surface area contributed by atoms with Gasteiger partial charge in [-0.3, -0.25) is 0 Å². The van der Waals surface area contributed by atoms with Gasteiger partial charge in [0.25, 0.3) is 0 Å². The lowest BCUT2D eigenvalue weighted by Crippen LogP contribution is -2.61. The zero-order valence-corrected chi connectivity index (χ0v) is 28.1. The second-order valence-corrected chi connectivity index (χ2v) is 14.5. The van der Waals surface area contributed by atoms with Crippen molar-refractivity contribution >= 4 is 91.5 Å². The lowest BCUT2D eigenvalue weighted by Gasteiger charge is -2.46. The highest BCUT2D eigenvalue weighted by Crippen LogP contribution is 2.50. The summed E-state index contributed by atoms with van der Waals surface area (Å²) in [6, 6.07) is 58.7. The number of hydrogen-bond acceptors (Lipinski definition) is 2. The molecule has 0 N–H and O–H groups in total. The predicted molar refractivity (Wildman–Crippen MR) is 219 cm³/mol. The van der Waals surface area contributed by atoms with Crippen molar-refractivity contribution in [1.29, 1.82) is 0 Å². The summed E-state index contributed by atoms with van der Waals surface area (Å²) in [7, 11) is 0. The molecule has 9 aromatic rings. The van der Waals surface area contributed by atoms with Crippen LogP contribution in [0.1, 0.15) is 0 Å². The van der Waals surface area contributed by atoms with E-state index in [0.717, 1.165) is 0 Å². The van der Waals surface area contributed by atoms with Gasteiger partial charge in [-0.25, -0.2) is 0 Å². The van der Waals surface area contributed by atoms with E-state index in [9.17, 15) is 0 Å². The van der Waals surface area contributed by atoms with Crippen molar-refractivity contribution in [3.8, 4) is 22.3 Å². The van der Waals surface area contributed by atoms with Gasteiger partial charge in [-0.2, -0.15) is 0 Å². The first-order valence-corrected chi connectivity index (χ1v) is 18.2. The Kier molecular flexibility index (Phi) is 4.99. The normalized spacial score (nSPS) is 14.0. The van der Waals surface area contributed by atoms with E-state index in [4.69, 9.17) is 0 Å². The lowest BCUT2D eigenvalue weighted by atomic mass is 9.41. The molecule has 7 aromatic carbocycles. The van der Waals surface area contributed by atoms with E-state index in [1.807, 2.05) is 0 Å². The Balaban J connectivity index is 1.26. The van der Waals surface area contributed by atoms with Crippen molar-refractivity contribution < 1.29 is 0 Å². The number of hydrogen-bond donors (Lipinski definition) is 0. The predicted octanol–water partition coefficient (Wildman–Crippen LogP) is 8.43. The van der Waals surface area contributed by atoms with Crippen LogP contribution in [0.4, 0.5) is 34.1 Å². The summed E-state index contributed by atoms with van der Waals surface area (Å²) < 4.78 is 5.10. The fourth-order valence-electron chi connectivity index (χ4n) is 10.2. The molecule has 0 aliphatic carbocycles. The maximum Gasteiger partial charge on any atom is 0.332 e. The molecule has 0 saturated carbocycles. The molecule has 0 amide bonds. The zero-order chi connectivity index (χ0) is 33.7. The SMILES string of the molecule is c1ccc(N2c3ccccc3B3c4c2cc2c(c4-c4cccc5ccn3c45)N(c3ccccc3)c3cccc4c3B2n2ccc3cccc-4c32)cc1. The van der Waals surface area contributed by atoms with Crippen LogP contribution >= 0.6 is 0 Å². The van der Waals surface area contributed by atoms with Gasteiger partial charge >= 0.3 is 13.7 Å². The molecule has 0 radical (unpaired) electrons. The van der Waals surface area contributed by atoms with Crippen molar-refractivity contribution in [2.45, 2.75) is 0 Å². The Morgan fingerprint density at radius 2 is 0.962 bits per heavy atom. The molecule has 238 valence electrons. The maximum absolute atomic E-state index is 2.58. The number of rotatable bonds is 2. The fourth-order valence-corrected chi connectivity index (χ4v) is 10.2. The van der Waals surface area contributed by atoms with Gasteiger partial charge in [0.1, 0.15) is 0 Å². The van der Waals surface area contributed by atoms with Gasteiger partial charge in [-0.15, -0.1) is 0 Å². The topological polar surface area (TPSA) is 16.3 Å². The molecule has 13 rings (SSSR count). The van der Waals surface area contributed by atoms with Gasteiger partial charge < -0.3 is 18.8 Å². The van der Waals surface area contributed by atoms with Crippen LogP contribution in [0.3, 0.4) is 0 Å². The van der Waals surface area contributed by atoms with Gasteiger partial charge in [0.15, 0.2) is 0 Å². The molecular weight excluding hydrogens is 630 g/mol. The molecule has 0 unspecified atom stereocenters. The molecule has 52 heavy (non-hydrogen) atoms. The highest BCUT2D eigenvalue weighted by atomic mass is 15.2. The second-order valence-electron chi connectivity index (χ2n) is 14.5. The largest absolute Gasteiger partial charge is 0.382 e. The minimum atomic E-state index is -0.00345. The lowest BCUT2D eigenvalue weighted by molar-refractivity contribution is 1.21. The fraction of sp³-hybridized carbons (Fsp3) is 0. The smallest absolute Gasteiger partial charge is 0.332 e. The first kappa shape index (κ1) is 27.1. The zero-order valence-electron chi connectivity index (χ0n) is 28.1. The number of fused-ring (bicyclic) bond motifs is 9. The molecule has 4 aliphatic rings. The monoisotopic (exact) mass is 658 g/mol. The highest BCUT2D eigenvalue weighted by molar-refractivity contribution is 6.92. The molecule has 0 spiro atoms. The van der Waals surface area contributed by atoms with Crippen LogP contribution in [0.2, 0.25) is 0 Å². The van der Waals surface area contributed by atoms with Crippen LogP contribution in [0.5, 0.6) is 0 Å². The third-order valence-corrected chi connectivity index (χ3v) is 12.1. The molecule has 4 nitrogen and oxygen atoms in total.